The fourth-order valence-electron chi connectivity index (χ4n) is 2.04. The van der Waals surface area contributed by atoms with Gasteiger partial charge in [-0.2, -0.15) is 0 Å². The molecule has 0 aromatic heterocycles. The summed E-state index contributed by atoms with van der Waals surface area (Å²) in [5, 5.41) is 35.7. The first-order chi connectivity index (χ1) is 10.2. The van der Waals surface area contributed by atoms with Crippen LogP contribution in [0.25, 0.3) is 0 Å². The number of hydrogen-bond acceptors (Lipinski definition) is 4. The van der Waals surface area contributed by atoms with E-state index in [0.717, 1.165) is 0 Å². The van der Waals surface area contributed by atoms with Crippen molar-refractivity contribution >= 4 is 23.9 Å². The summed E-state index contributed by atoms with van der Waals surface area (Å²) in [7, 11) is 0. The average Bonchev–Trinajstić information content (AvgIpc) is 2.41. The molecule has 0 aliphatic heterocycles. The van der Waals surface area contributed by atoms with Crippen molar-refractivity contribution in [2.24, 2.45) is 0 Å². The van der Waals surface area contributed by atoms with Crippen molar-refractivity contribution in [1.82, 2.24) is 0 Å². The number of carboxylic acid groups (broad SMARTS) is 4. The van der Waals surface area contributed by atoms with E-state index in [2.05, 4.69) is 0 Å². The fraction of sp³-hybridized carbons (Fsp3) is 0.286. The van der Waals surface area contributed by atoms with Crippen LogP contribution < -0.4 is 0 Å². The molecule has 0 saturated heterocycles. The molecule has 8 heteroatoms. The van der Waals surface area contributed by atoms with Gasteiger partial charge in [0.2, 0.25) is 0 Å². The molecule has 22 heavy (non-hydrogen) atoms. The van der Waals surface area contributed by atoms with Crippen LogP contribution in [-0.2, 0) is 19.2 Å². The lowest BCUT2D eigenvalue weighted by Gasteiger charge is -2.15. The molecule has 1 rings (SSSR count). The molecule has 0 saturated carbocycles. The number of carbonyl (C=O) groups is 4. The lowest BCUT2D eigenvalue weighted by molar-refractivity contribution is -0.145. The van der Waals surface area contributed by atoms with E-state index in [1.165, 1.54) is 24.3 Å². The zero-order chi connectivity index (χ0) is 16.9. The standard InChI is InChI=1S/C14H14O8/c15-11(16)5-9(13(19)20)7-2-1-3-8(4-7)10(14(21)22)6-12(17)18/h1-4,9-10H,5-6H2,(H,15,16)(H,17,18)(H,19,20)(H,21,22). The number of rotatable bonds is 8. The topological polar surface area (TPSA) is 149 Å². The van der Waals surface area contributed by atoms with Crippen LogP contribution in [0.15, 0.2) is 24.3 Å². The first-order valence-electron chi connectivity index (χ1n) is 6.21. The van der Waals surface area contributed by atoms with Gasteiger partial charge in [0.05, 0.1) is 24.7 Å². The van der Waals surface area contributed by atoms with Crippen molar-refractivity contribution in [2.75, 3.05) is 0 Å². The molecule has 0 amide bonds. The van der Waals surface area contributed by atoms with Crippen molar-refractivity contribution in [2.45, 2.75) is 24.7 Å². The molecule has 0 aliphatic rings. The van der Waals surface area contributed by atoms with Gasteiger partial charge in [-0.15, -0.1) is 0 Å². The molecule has 4 N–H and O–H groups in total. The first-order valence-corrected chi connectivity index (χ1v) is 6.21. The van der Waals surface area contributed by atoms with E-state index in [9.17, 15) is 19.2 Å². The van der Waals surface area contributed by atoms with Gasteiger partial charge in [0, 0.05) is 0 Å². The Morgan fingerprint density at radius 1 is 0.773 bits per heavy atom. The Hall–Kier alpha value is -2.90. The summed E-state index contributed by atoms with van der Waals surface area (Å²) in [6.45, 7) is 0. The number of aliphatic carboxylic acids is 4. The largest absolute Gasteiger partial charge is 0.481 e. The zero-order valence-corrected chi connectivity index (χ0v) is 11.3. The minimum absolute atomic E-state index is 0.115. The van der Waals surface area contributed by atoms with Crippen LogP contribution in [0.1, 0.15) is 35.8 Å². The van der Waals surface area contributed by atoms with Gasteiger partial charge in [-0.25, -0.2) is 0 Å². The Balaban J connectivity index is 3.20. The lowest BCUT2D eigenvalue weighted by Crippen LogP contribution is -2.18. The van der Waals surface area contributed by atoms with Crippen LogP contribution in [0.4, 0.5) is 0 Å². The van der Waals surface area contributed by atoms with Gasteiger partial charge in [0.15, 0.2) is 0 Å². The summed E-state index contributed by atoms with van der Waals surface area (Å²) in [6, 6.07) is 5.33. The maximum atomic E-state index is 11.2. The third-order valence-corrected chi connectivity index (χ3v) is 3.07. The van der Waals surface area contributed by atoms with Crippen LogP contribution >= 0.6 is 0 Å². The summed E-state index contributed by atoms with van der Waals surface area (Å²) in [5.74, 6) is -8.00. The second kappa shape index (κ2) is 7.21. The molecule has 2 unspecified atom stereocenters. The van der Waals surface area contributed by atoms with Gasteiger partial charge < -0.3 is 20.4 Å². The predicted molar refractivity (Wildman–Crippen MR) is 71.7 cm³/mol. The highest BCUT2D eigenvalue weighted by molar-refractivity contribution is 5.84. The summed E-state index contributed by atoms with van der Waals surface area (Å²) in [4.78, 5) is 43.8. The maximum absolute atomic E-state index is 11.2. The van der Waals surface area contributed by atoms with Gasteiger partial charge in [0.1, 0.15) is 0 Å². The summed E-state index contributed by atoms with van der Waals surface area (Å²) < 4.78 is 0. The summed E-state index contributed by atoms with van der Waals surface area (Å²) in [5.41, 5.74) is 0.230. The molecule has 8 nitrogen and oxygen atoms in total. The molecule has 0 radical (unpaired) electrons. The molecule has 0 bridgehead atoms. The Bertz CT molecular complexity index is 557. The fourth-order valence-corrected chi connectivity index (χ4v) is 2.04. The van der Waals surface area contributed by atoms with E-state index in [1.54, 1.807) is 0 Å². The monoisotopic (exact) mass is 310 g/mol. The van der Waals surface area contributed by atoms with Gasteiger partial charge in [0.25, 0.3) is 0 Å². The van der Waals surface area contributed by atoms with Crippen molar-refractivity contribution in [3.63, 3.8) is 0 Å². The Labute approximate surface area is 124 Å². The van der Waals surface area contributed by atoms with E-state index >= 15 is 0 Å². The molecule has 118 valence electrons. The van der Waals surface area contributed by atoms with Crippen LogP contribution in [-0.4, -0.2) is 44.3 Å². The van der Waals surface area contributed by atoms with Crippen LogP contribution in [0.5, 0.6) is 0 Å². The first kappa shape index (κ1) is 17.2. The molecule has 0 aliphatic carbocycles. The minimum Gasteiger partial charge on any atom is -0.481 e. The Kier molecular flexibility index (Phi) is 5.62. The SMILES string of the molecule is O=C(O)CC(C(=O)O)c1cccc(C(CC(=O)O)C(=O)O)c1. The van der Waals surface area contributed by atoms with Crippen molar-refractivity contribution in [3.8, 4) is 0 Å². The third kappa shape index (κ3) is 4.58. The second-order valence-electron chi connectivity index (χ2n) is 4.65. The maximum Gasteiger partial charge on any atom is 0.311 e. The number of benzene rings is 1. The van der Waals surface area contributed by atoms with Gasteiger partial charge in [-0.3, -0.25) is 19.2 Å². The average molecular weight is 310 g/mol. The van der Waals surface area contributed by atoms with Crippen LogP contribution in [0.3, 0.4) is 0 Å². The highest BCUT2D eigenvalue weighted by Gasteiger charge is 2.27. The molecule has 2 atom stereocenters. The van der Waals surface area contributed by atoms with Crippen LogP contribution in [0, 0.1) is 0 Å². The van der Waals surface area contributed by atoms with Crippen molar-refractivity contribution in [1.29, 1.82) is 0 Å². The molecule has 0 spiro atoms. The second-order valence-corrected chi connectivity index (χ2v) is 4.65. The predicted octanol–water partition coefficient (Wildman–Crippen LogP) is 0.972. The van der Waals surface area contributed by atoms with Crippen molar-refractivity contribution < 1.29 is 39.6 Å². The van der Waals surface area contributed by atoms with E-state index < -0.39 is 48.6 Å². The van der Waals surface area contributed by atoms with Gasteiger partial charge in [-0.05, 0) is 11.1 Å². The highest BCUT2D eigenvalue weighted by atomic mass is 16.4. The molecular formula is C14H14O8. The highest BCUT2D eigenvalue weighted by Crippen LogP contribution is 2.26. The molecular weight excluding hydrogens is 296 g/mol. The molecule has 0 fully saturated rings. The van der Waals surface area contributed by atoms with Gasteiger partial charge >= 0.3 is 23.9 Å². The van der Waals surface area contributed by atoms with E-state index in [1.807, 2.05) is 0 Å². The zero-order valence-electron chi connectivity index (χ0n) is 11.3. The number of carboxylic acids is 4. The van der Waals surface area contributed by atoms with Crippen molar-refractivity contribution in [3.05, 3.63) is 35.4 Å². The van der Waals surface area contributed by atoms with E-state index in [0.29, 0.717) is 0 Å². The number of hydrogen-bond donors (Lipinski definition) is 4. The quantitative estimate of drug-likeness (QED) is 0.555. The third-order valence-electron chi connectivity index (χ3n) is 3.07. The normalized spacial score (nSPS) is 13.1. The molecule has 1 aromatic rings. The smallest absolute Gasteiger partial charge is 0.311 e. The Morgan fingerprint density at radius 3 is 1.41 bits per heavy atom. The van der Waals surface area contributed by atoms with E-state index in [4.69, 9.17) is 20.4 Å². The molecule has 0 heterocycles. The minimum atomic E-state index is -1.36. The molecule has 1 aromatic carbocycles. The van der Waals surface area contributed by atoms with Gasteiger partial charge in [-0.1, -0.05) is 24.3 Å². The van der Waals surface area contributed by atoms with Crippen LogP contribution in [0.2, 0.25) is 0 Å². The summed E-state index contributed by atoms with van der Waals surface area (Å²) in [6.07, 6.45) is -1.31. The lowest BCUT2D eigenvalue weighted by atomic mass is 9.89. The summed E-state index contributed by atoms with van der Waals surface area (Å²) >= 11 is 0. The van der Waals surface area contributed by atoms with E-state index in [-0.39, 0.29) is 11.1 Å². The Morgan fingerprint density at radius 2 is 1.14 bits per heavy atom.